The molecule has 6 heteroatoms. The summed E-state index contributed by atoms with van der Waals surface area (Å²) in [5.41, 5.74) is 2.68. The zero-order valence-electron chi connectivity index (χ0n) is 14.2. The second-order valence-electron chi connectivity index (χ2n) is 5.66. The highest BCUT2D eigenvalue weighted by molar-refractivity contribution is 5.82. The number of fused-ring (bicyclic) bond motifs is 1. The SMILES string of the molecule is COc1cccc(Nc2nccc(Nc3cnc4ccccc4c3)n2)c1. The van der Waals surface area contributed by atoms with Gasteiger partial charge in [-0.05, 0) is 30.3 Å². The fourth-order valence-electron chi connectivity index (χ4n) is 2.61. The van der Waals surface area contributed by atoms with Crippen LogP contribution in [0.2, 0.25) is 0 Å². The van der Waals surface area contributed by atoms with Gasteiger partial charge in [-0.25, -0.2) is 4.98 Å². The van der Waals surface area contributed by atoms with Crippen molar-refractivity contribution in [2.75, 3.05) is 17.7 Å². The predicted molar refractivity (Wildman–Crippen MR) is 103 cm³/mol. The van der Waals surface area contributed by atoms with Gasteiger partial charge in [-0.2, -0.15) is 4.98 Å². The minimum Gasteiger partial charge on any atom is -0.497 e. The normalized spacial score (nSPS) is 10.5. The minimum absolute atomic E-state index is 0.497. The second kappa shape index (κ2) is 7.06. The molecule has 26 heavy (non-hydrogen) atoms. The van der Waals surface area contributed by atoms with Crippen LogP contribution in [0.5, 0.6) is 5.75 Å². The van der Waals surface area contributed by atoms with Crippen LogP contribution in [0.3, 0.4) is 0 Å². The lowest BCUT2D eigenvalue weighted by Crippen LogP contribution is -2.00. The van der Waals surface area contributed by atoms with Crippen LogP contribution >= 0.6 is 0 Å². The maximum atomic E-state index is 5.23. The van der Waals surface area contributed by atoms with Crippen molar-refractivity contribution in [3.63, 3.8) is 0 Å². The first-order valence-electron chi connectivity index (χ1n) is 8.16. The summed E-state index contributed by atoms with van der Waals surface area (Å²) in [5, 5.41) is 7.51. The zero-order chi connectivity index (χ0) is 17.8. The van der Waals surface area contributed by atoms with Crippen LogP contribution in [-0.2, 0) is 0 Å². The van der Waals surface area contributed by atoms with E-state index in [4.69, 9.17) is 4.74 Å². The first kappa shape index (κ1) is 15.8. The van der Waals surface area contributed by atoms with Gasteiger partial charge in [0.2, 0.25) is 5.95 Å². The quantitative estimate of drug-likeness (QED) is 0.555. The number of benzene rings is 2. The Labute approximate surface area is 150 Å². The first-order valence-corrected chi connectivity index (χ1v) is 8.16. The number of hydrogen-bond acceptors (Lipinski definition) is 6. The van der Waals surface area contributed by atoms with Crippen LogP contribution in [0.4, 0.5) is 23.1 Å². The molecule has 4 aromatic rings. The Morgan fingerprint density at radius 3 is 2.69 bits per heavy atom. The van der Waals surface area contributed by atoms with E-state index in [0.29, 0.717) is 11.8 Å². The number of hydrogen-bond donors (Lipinski definition) is 2. The number of anilines is 4. The minimum atomic E-state index is 0.497. The summed E-state index contributed by atoms with van der Waals surface area (Å²) in [4.78, 5) is 13.2. The molecule has 128 valence electrons. The highest BCUT2D eigenvalue weighted by atomic mass is 16.5. The number of pyridine rings is 1. The summed E-state index contributed by atoms with van der Waals surface area (Å²) >= 11 is 0. The van der Waals surface area contributed by atoms with E-state index in [1.165, 1.54) is 0 Å². The standard InChI is InChI=1S/C20H17N5O/c1-26-17-7-4-6-15(12-17)24-20-21-10-9-19(25-20)23-16-11-14-5-2-3-8-18(14)22-13-16/h2-13H,1H3,(H2,21,23,24,25). The molecule has 2 N–H and O–H groups in total. The molecule has 0 saturated heterocycles. The average Bonchev–Trinajstić information content (AvgIpc) is 2.68. The molecule has 0 bridgehead atoms. The van der Waals surface area contributed by atoms with E-state index in [2.05, 4.69) is 25.6 Å². The highest BCUT2D eigenvalue weighted by Crippen LogP contribution is 2.22. The third kappa shape index (κ3) is 3.54. The number of nitrogens with one attached hydrogen (secondary N) is 2. The Bertz CT molecular complexity index is 1050. The van der Waals surface area contributed by atoms with Crippen molar-refractivity contribution in [2.24, 2.45) is 0 Å². The lowest BCUT2D eigenvalue weighted by molar-refractivity contribution is 0.415. The van der Waals surface area contributed by atoms with Crippen LogP contribution < -0.4 is 15.4 Å². The molecule has 0 fully saturated rings. The molecule has 0 spiro atoms. The topological polar surface area (TPSA) is 72.0 Å². The van der Waals surface area contributed by atoms with Crippen LogP contribution in [0.15, 0.2) is 73.1 Å². The molecule has 0 saturated carbocycles. The Kier molecular flexibility index (Phi) is 4.30. The Balaban J connectivity index is 1.54. The van der Waals surface area contributed by atoms with Gasteiger partial charge in [0.25, 0.3) is 0 Å². The maximum Gasteiger partial charge on any atom is 0.229 e. The van der Waals surface area contributed by atoms with Gasteiger partial charge in [0.05, 0.1) is 24.5 Å². The van der Waals surface area contributed by atoms with E-state index in [1.54, 1.807) is 19.5 Å². The molecule has 0 amide bonds. The third-order valence-electron chi connectivity index (χ3n) is 3.84. The summed E-state index contributed by atoms with van der Waals surface area (Å²) < 4.78 is 5.23. The molecule has 0 aliphatic heterocycles. The number of ether oxygens (including phenoxy) is 1. The lowest BCUT2D eigenvalue weighted by atomic mass is 10.2. The first-order chi connectivity index (χ1) is 12.8. The molecule has 2 heterocycles. The van der Waals surface area contributed by atoms with Crippen LogP contribution in [0.25, 0.3) is 10.9 Å². The molecular weight excluding hydrogens is 326 g/mol. The molecule has 0 radical (unpaired) electrons. The summed E-state index contributed by atoms with van der Waals surface area (Å²) in [7, 11) is 1.64. The lowest BCUT2D eigenvalue weighted by Gasteiger charge is -2.09. The van der Waals surface area contributed by atoms with E-state index >= 15 is 0 Å². The molecule has 0 unspecified atom stereocenters. The summed E-state index contributed by atoms with van der Waals surface area (Å²) in [6.07, 6.45) is 3.49. The molecule has 4 rings (SSSR count). The van der Waals surface area contributed by atoms with Crippen LogP contribution in [0.1, 0.15) is 0 Å². The predicted octanol–water partition coefficient (Wildman–Crippen LogP) is 4.52. The number of methoxy groups -OCH3 is 1. The van der Waals surface area contributed by atoms with Crippen molar-refractivity contribution in [1.82, 2.24) is 15.0 Å². The Hall–Kier alpha value is -3.67. The van der Waals surface area contributed by atoms with E-state index in [0.717, 1.165) is 28.0 Å². The van der Waals surface area contributed by atoms with Gasteiger partial charge in [0.1, 0.15) is 11.6 Å². The van der Waals surface area contributed by atoms with Crippen molar-refractivity contribution in [3.05, 3.63) is 73.1 Å². The second-order valence-corrected chi connectivity index (χ2v) is 5.66. The number of para-hydroxylation sites is 1. The number of nitrogens with zero attached hydrogens (tertiary/aromatic N) is 3. The van der Waals surface area contributed by atoms with Gasteiger partial charge in [-0.1, -0.05) is 24.3 Å². The van der Waals surface area contributed by atoms with Crippen LogP contribution in [-0.4, -0.2) is 22.1 Å². The summed E-state index contributed by atoms with van der Waals surface area (Å²) in [5.74, 6) is 1.95. The van der Waals surface area contributed by atoms with E-state index in [1.807, 2.05) is 60.7 Å². The molecule has 0 atom stereocenters. The van der Waals surface area contributed by atoms with Gasteiger partial charge in [0.15, 0.2) is 0 Å². The molecule has 2 aromatic carbocycles. The fourth-order valence-corrected chi connectivity index (χ4v) is 2.61. The Morgan fingerprint density at radius 1 is 0.846 bits per heavy atom. The molecule has 0 aliphatic carbocycles. The fraction of sp³-hybridized carbons (Fsp3) is 0.0500. The number of aromatic nitrogens is 3. The number of rotatable bonds is 5. The van der Waals surface area contributed by atoms with Gasteiger partial charge in [-0.3, -0.25) is 4.98 Å². The van der Waals surface area contributed by atoms with Crippen molar-refractivity contribution >= 4 is 34.0 Å². The zero-order valence-corrected chi connectivity index (χ0v) is 14.2. The van der Waals surface area contributed by atoms with Crippen molar-refractivity contribution < 1.29 is 4.74 Å². The van der Waals surface area contributed by atoms with Gasteiger partial charge < -0.3 is 15.4 Å². The average molecular weight is 343 g/mol. The smallest absolute Gasteiger partial charge is 0.229 e. The van der Waals surface area contributed by atoms with E-state index in [-0.39, 0.29) is 0 Å². The summed E-state index contributed by atoms with van der Waals surface area (Å²) in [6.45, 7) is 0. The van der Waals surface area contributed by atoms with Crippen LogP contribution in [0, 0.1) is 0 Å². The van der Waals surface area contributed by atoms with Gasteiger partial charge in [-0.15, -0.1) is 0 Å². The highest BCUT2D eigenvalue weighted by Gasteiger charge is 2.03. The van der Waals surface area contributed by atoms with E-state index in [9.17, 15) is 0 Å². The third-order valence-corrected chi connectivity index (χ3v) is 3.84. The molecular formula is C20H17N5O. The van der Waals surface area contributed by atoms with Crippen molar-refractivity contribution in [2.45, 2.75) is 0 Å². The van der Waals surface area contributed by atoms with E-state index < -0.39 is 0 Å². The molecule has 6 nitrogen and oxygen atoms in total. The van der Waals surface area contributed by atoms with Crippen molar-refractivity contribution in [1.29, 1.82) is 0 Å². The Morgan fingerprint density at radius 2 is 1.77 bits per heavy atom. The molecule has 0 aliphatic rings. The monoisotopic (exact) mass is 343 g/mol. The van der Waals surface area contributed by atoms with Crippen molar-refractivity contribution in [3.8, 4) is 5.75 Å². The molecule has 2 aromatic heterocycles. The maximum absolute atomic E-state index is 5.23. The summed E-state index contributed by atoms with van der Waals surface area (Å²) in [6, 6.07) is 19.4. The van der Waals surface area contributed by atoms with Gasteiger partial charge >= 0.3 is 0 Å². The largest absolute Gasteiger partial charge is 0.497 e. The van der Waals surface area contributed by atoms with Gasteiger partial charge in [0, 0.05) is 23.3 Å².